The van der Waals surface area contributed by atoms with Gasteiger partial charge in [-0.15, -0.1) is 0 Å². The lowest BCUT2D eigenvalue weighted by atomic mass is 9.98. The van der Waals surface area contributed by atoms with Crippen LogP contribution in [-0.2, 0) is 6.54 Å². The van der Waals surface area contributed by atoms with E-state index in [9.17, 15) is 9.50 Å². The van der Waals surface area contributed by atoms with Crippen LogP contribution in [0.4, 0.5) is 10.1 Å². The highest BCUT2D eigenvalue weighted by Gasteiger charge is 2.22. The van der Waals surface area contributed by atoms with Gasteiger partial charge in [-0.2, -0.15) is 0 Å². The summed E-state index contributed by atoms with van der Waals surface area (Å²) in [5.74, 6) is -0.0114. The van der Waals surface area contributed by atoms with Crippen molar-refractivity contribution >= 4 is 21.6 Å². The molecule has 0 bridgehead atoms. The Labute approximate surface area is 115 Å². The molecule has 0 aromatic heterocycles. The first-order chi connectivity index (χ1) is 8.67. The summed E-state index contributed by atoms with van der Waals surface area (Å²) >= 11 is 3.26. The van der Waals surface area contributed by atoms with Crippen molar-refractivity contribution in [2.45, 2.75) is 19.4 Å². The number of aliphatic hydroxyl groups excluding tert-OH is 1. The highest BCUT2D eigenvalue weighted by molar-refractivity contribution is 9.10. The molecular weight excluding hydrogens is 299 g/mol. The Morgan fingerprint density at radius 1 is 1.50 bits per heavy atom. The quantitative estimate of drug-likeness (QED) is 0.899. The fourth-order valence-electron chi connectivity index (χ4n) is 2.41. The van der Waals surface area contributed by atoms with Gasteiger partial charge in [0.1, 0.15) is 0 Å². The van der Waals surface area contributed by atoms with E-state index in [1.165, 1.54) is 0 Å². The van der Waals surface area contributed by atoms with Crippen molar-refractivity contribution in [1.82, 2.24) is 0 Å². The van der Waals surface area contributed by atoms with Gasteiger partial charge in [0.05, 0.1) is 10.2 Å². The first-order valence-electron chi connectivity index (χ1n) is 6.20. The van der Waals surface area contributed by atoms with Gasteiger partial charge < -0.3 is 15.7 Å². The largest absolute Gasteiger partial charge is 0.396 e. The van der Waals surface area contributed by atoms with Crippen molar-refractivity contribution < 1.29 is 9.50 Å². The highest BCUT2D eigenvalue weighted by Crippen LogP contribution is 2.31. The van der Waals surface area contributed by atoms with Gasteiger partial charge in [-0.1, -0.05) is 6.07 Å². The molecule has 0 spiro atoms. The average molecular weight is 317 g/mol. The molecule has 0 radical (unpaired) electrons. The lowest BCUT2D eigenvalue weighted by Gasteiger charge is -2.34. The summed E-state index contributed by atoms with van der Waals surface area (Å²) in [6.45, 7) is 2.03. The molecule has 0 aliphatic carbocycles. The van der Waals surface area contributed by atoms with Gasteiger partial charge in [-0.25, -0.2) is 4.39 Å². The molecule has 1 aromatic rings. The molecule has 1 fully saturated rings. The van der Waals surface area contributed by atoms with Crippen LogP contribution in [0, 0.1) is 11.7 Å². The molecule has 3 N–H and O–H groups in total. The second-order valence-corrected chi connectivity index (χ2v) is 5.51. The van der Waals surface area contributed by atoms with E-state index in [4.69, 9.17) is 5.73 Å². The van der Waals surface area contributed by atoms with Crippen LogP contribution >= 0.6 is 15.9 Å². The molecule has 1 saturated heterocycles. The number of hydrogen-bond acceptors (Lipinski definition) is 3. The molecule has 1 aliphatic rings. The molecule has 1 aromatic carbocycles. The van der Waals surface area contributed by atoms with Gasteiger partial charge in [0.2, 0.25) is 0 Å². The Bertz CT molecular complexity index is 428. The number of hydrogen-bond donors (Lipinski definition) is 2. The van der Waals surface area contributed by atoms with Crippen LogP contribution < -0.4 is 10.6 Å². The zero-order valence-corrected chi connectivity index (χ0v) is 11.8. The summed E-state index contributed by atoms with van der Waals surface area (Å²) in [5, 5.41) is 9.22. The van der Waals surface area contributed by atoms with E-state index in [-0.39, 0.29) is 18.3 Å². The standard InChI is InChI=1S/C13H18BrFN2O/c14-12-10(6-16)3-4-11(13(12)15)17-5-1-2-9(7-17)8-18/h3-4,9,18H,1-2,5-8,16H2. The molecule has 1 unspecified atom stereocenters. The van der Waals surface area contributed by atoms with E-state index >= 15 is 0 Å². The number of nitrogens with two attached hydrogens (primary N) is 1. The monoisotopic (exact) mass is 316 g/mol. The fraction of sp³-hybridized carbons (Fsp3) is 0.538. The number of rotatable bonds is 3. The van der Waals surface area contributed by atoms with E-state index in [1.54, 1.807) is 6.07 Å². The van der Waals surface area contributed by atoms with E-state index in [1.807, 2.05) is 11.0 Å². The lowest BCUT2D eigenvalue weighted by Crippen LogP contribution is -2.37. The van der Waals surface area contributed by atoms with E-state index in [0.29, 0.717) is 23.2 Å². The van der Waals surface area contributed by atoms with Gasteiger partial charge in [0.15, 0.2) is 5.82 Å². The van der Waals surface area contributed by atoms with Crippen LogP contribution in [0.3, 0.4) is 0 Å². The van der Waals surface area contributed by atoms with Crippen molar-refractivity contribution in [3.8, 4) is 0 Å². The second kappa shape index (κ2) is 5.99. The van der Waals surface area contributed by atoms with Gasteiger partial charge in [0, 0.05) is 26.2 Å². The Hall–Kier alpha value is -0.650. The Morgan fingerprint density at radius 3 is 2.94 bits per heavy atom. The van der Waals surface area contributed by atoms with Gasteiger partial charge in [0.25, 0.3) is 0 Å². The summed E-state index contributed by atoms with van der Waals surface area (Å²) in [6, 6.07) is 3.63. The summed E-state index contributed by atoms with van der Waals surface area (Å²) < 4.78 is 14.7. The van der Waals surface area contributed by atoms with Crippen molar-refractivity contribution in [3.05, 3.63) is 28.0 Å². The maximum Gasteiger partial charge on any atom is 0.160 e. The molecule has 3 nitrogen and oxygen atoms in total. The Kier molecular flexibility index (Phi) is 4.59. The van der Waals surface area contributed by atoms with Crippen LogP contribution in [0.25, 0.3) is 0 Å². The maximum atomic E-state index is 14.3. The number of anilines is 1. The number of aliphatic hydroxyl groups is 1. The predicted octanol–water partition coefficient (Wildman–Crippen LogP) is 2.26. The van der Waals surface area contributed by atoms with E-state index in [0.717, 1.165) is 24.9 Å². The molecule has 1 heterocycles. The lowest BCUT2D eigenvalue weighted by molar-refractivity contribution is 0.208. The summed E-state index contributed by atoms with van der Waals surface area (Å²) in [6.07, 6.45) is 2.00. The molecule has 0 saturated carbocycles. The zero-order valence-electron chi connectivity index (χ0n) is 10.2. The third-order valence-electron chi connectivity index (χ3n) is 3.48. The van der Waals surface area contributed by atoms with E-state index in [2.05, 4.69) is 15.9 Å². The molecule has 100 valence electrons. The van der Waals surface area contributed by atoms with Gasteiger partial charge >= 0.3 is 0 Å². The number of benzene rings is 1. The van der Waals surface area contributed by atoms with Crippen LogP contribution in [-0.4, -0.2) is 24.8 Å². The highest BCUT2D eigenvalue weighted by atomic mass is 79.9. The first kappa shape index (κ1) is 13.8. The fourth-order valence-corrected chi connectivity index (χ4v) is 2.91. The zero-order chi connectivity index (χ0) is 13.1. The van der Waals surface area contributed by atoms with Crippen LogP contribution in [0.2, 0.25) is 0 Å². The molecule has 18 heavy (non-hydrogen) atoms. The smallest absolute Gasteiger partial charge is 0.160 e. The Balaban J connectivity index is 2.25. The normalized spacial score (nSPS) is 20.2. The topological polar surface area (TPSA) is 49.5 Å². The molecule has 5 heteroatoms. The SMILES string of the molecule is NCc1ccc(N2CCCC(CO)C2)c(F)c1Br. The van der Waals surface area contributed by atoms with Gasteiger partial charge in [-0.05, 0) is 46.3 Å². The van der Waals surface area contributed by atoms with Crippen molar-refractivity contribution in [1.29, 1.82) is 0 Å². The van der Waals surface area contributed by atoms with Crippen LogP contribution in [0.15, 0.2) is 16.6 Å². The van der Waals surface area contributed by atoms with Crippen molar-refractivity contribution in [3.63, 3.8) is 0 Å². The summed E-state index contributed by atoms with van der Waals surface area (Å²) in [4.78, 5) is 2.00. The molecule has 1 atom stereocenters. The number of piperidine rings is 1. The predicted molar refractivity (Wildman–Crippen MR) is 74.0 cm³/mol. The van der Waals surface area contributed by atoms with Crippen LogP contribution in [0.5, 0.6) is 0 Å². The Morgan fingerprint density at radius 2 is 2.28 bits per heavy atom. The summed E-state index contributed by atoms with van der Waals surface area (Å²) in [5.41, 5.74) is 6.91. The van der Waals surface area contributed by atoms with Gasteiger partial charge in [-0.3, -0.25) is 0 Å². The van der Waals surface area contributed by atoms with Crippen LogP contribution in [0.1, 0.15) is 18.4 Å². The average Bonchev–Trinajstić information content (AvgIpc) is 2.42. The number of nitrogens with zero attached hydrogens (tertiary/aromatic N) is 1. The first-order valence-corrected chi connectivity index (χ1v) is 6.99. The third-order valence-corrected chi connectivity index (χ3v) is 4.34. The van der Waals surface area contributed by atoms with Crippen molar-refractivity contribution in [2.24, 2.45) is 11.7 Å². The summed E-state index contributed by atoms with van der Waals surface area (Å²) in [7, 11) is 0. The molecule has 2 rings (SSSR count). The molecule has 1 aliphatic heterocycles. The second-order valence-electron chi connectivity index (χ2n) is 4.71. The third kappa shape index (κ3) is 2.68. The number of halogens is 2. The maximum absolute atomic E-state index is 14.3. The minimum atomic E-state index is -0.253. The minimum absolute atomic E-state index is 0.167. The van der Waals surface area contributed by atoms with Crippen molar-refractivity contribution in [2.75, 3.05) is 24.6 Å². The van der Waals surface area contributed by atoms with E-state index < -0.39 is 0 Å². The minimum Gasteiger partial charge on any atom is -0.396 e. The molecule has 0 amide bonds. The molecular formula is C13H18BrFN2O.